The first kappa shape index (κ1) is 22.2. The molecule has 0 aliphatic heterocycles. The van der Waals surface area contributed by atoms with Crippen LogP contribution in [0.4, 0.5) is 0 Å². The average molecular weight is 455 g/mol. The van der Waals surface area contributed by atoms with E-state index in [1.165, 1.54) is 45.1 Å². The SMILES string of the molecule is Cc1ccc(CN(CCc2c[nH]c3ccccc23)C2CCc3cc(C=CC(=O)NO)ccc32)[nH]1. The standard InChI is InChI=1S/C28H30N4O2/c1-19-6-10-23(30-19)18-32(15-14-22-17-29-26-5-3-2-4-24(22)26)27-12-9-21-16-20(7-11-25(21)27)8-13-28(33)31-34/h2-8,10-11,13,16-17,27,29-30,34H,9,12,14-15,18H2,1H3,(H,31,33). The lowest BCUT2D eigenvalue weighted by Crippen LogP contribution is -2.29. The molecule has 4 aromatic rings. The normalized spacial score (nSPS) is 15.4. The van der Waals surface area contributed by atoms with Crippen molar-refractivity contribution in [2.24, 2.45) is 0 Å². The van der Waals surface area contributed by atoms with Gasteiger partial charge in [0.2, 0.25) is 0 Å². The number of carbonyl (C=O) groups is 1. The maximum absolute atomic E-state index is 11.3. The summed E-state index contributed by atoms with van der Waals surface area (Å²) >= 11 is 0. The Hall–Kier alpha value is -3.61. The summed E-state index contributed by atoms with van der Waals surface area (Å²) in [5, 5.41) is 10.0. The monoisotopic (exact) mass is 454 g/mol. The molecule has 2 heterocycles. The van der Waals surface area contributed by atoms with E-state index in [-0.39, 0.29) is 0 Å². The van der Waals surface area contributed by atoms with Crippen molar-refractivity contribution >= 4 is 22.9 Å². The third-order valence-electron chi connectivity index (χ3n) is 6.80. The number of H-pyrrole nitrogens is 2. The molecular formula is C28H30N4O2. The number of benzene rings is 2. The highest BCUT2D eigenvalue weighted by molar-refractivity contribution is 5.90. The number of nitrogens with zero attached hydrogens (tertiary/aromatic N) is 1. The number of para-hydroxylation sites is 1. The van der Waals surface area contributed by atoms with E-state index in [2.05, 4.69) is 82.6 Å². The Morgan fingerprint density at radius 2 is 2.09 bits per heavy atom. The van der Waals surface area contributed by atoms with E-state index in [1.807, 2.05) is 0 Å². The second kappa shape index (κ2) is 9.71. The van der Waals surface area contributed by atoms with Gasteiger partial charge >= 0.3 is 0 Å². The molecule has 1 aliphatic carbocycles. The van der Waals surface area contributed by atoms with Crippen LogP contribution in [0.3, 0.4) is 0 Å². The molecule has 4 N–H and O–H groups in total. The van der Waals surface area contributed by atoms with E-state index < -0.39 is 5.91 Å². The highest BCUT2D eigenvalue weighted by Crippen LogP contribution is 2.37. The van der Waals surface area contributed by atoms with Crippen molar-refractivity contribution in [3.8, 4) is 0 Å². The van der Waals surface area contributed by atoms with Gasteiger partial charge in [-0.15, -0.1) is 0 Å². The maximum Gasteiger partial charge on any atom is 0.267 e. The molecule has 2 aromatic carbocycles. The second-order valence-electron chi connectivity index (χ2n) is 9.07. The molecule has 6 nitrogen and oxygen atoms in total. The van der Waals surface area contributed by atoms with Crippen molar-refractivity contribution in [3.63, 3.8) is 0 Å². The zero-order chi connectivity index (χ0) is 23.5. The predicted molar refractivity (Wildman–Crippen MR) is 134 cm³/mol. The Bertz CT molecular complexity index is 1330. The number of carbonyl (C=O) groups excluding carboxylic acids is 1. The molecule has 0 saturated carbocycles. The van der Waals surface area contributed by atoms with Crippen LogP contribution in [0, 0.1) is 6.92 Å². The van der Waals surface area contributed by atoms with Crippen molar-refractivity contribution in [1.82, 2.24) is 20.3 Å². The molecule has 0 spiro atoms. The first-order valence-electron chi connectivity index (χ1n) is 11.8. The van der Waals surface area contributed by atoms with Gasteiger partial charge in [-0.05, 0) is 72.7 Å². The molecule has 1 unspecified atom stereocenters. The van der Waals surface area contributed by atoms with E-state index in [9.17, 15) is 4.79 Å². The summed E-state index contributed by atoms with van der Waals surface area (Å²) in [7, 11) is 0. The van der Waals surface area contributed by atoms with Gasteiger partial charge in [-0.2, -0.15) is 0 Å². The Balaban J connectivity index is 1.38. The Morgan fingerprint density at radius 3 is 2.91 bits per heavy atom. The fourth-order valence-corrected chi connectivity index (χ4v) is 5.13. The van der Waals surface area contributed by atoms with E-state index >= 15 is 0 Å². The van der Waals surface area contributed by atoms with Crippen LogP contribution in [0.2, 0.25) is 0 Å². The van der Waals surface area contributed by atoms with Crippen LogP contribution >= 0.6 is 0 Å². The number of rotatable bonds is 8. The van der Waals surface area contributed by atoms with Gasteiger partial charge in [0.15, 0.2) is 0 Å². The molecule has 0 bridgehead atoms. The summed E-state index contributed by atoms with van der Waals surface area (Å²) in [5.74, 6) is -0.525. The van der Waals surface area contributed by atoms with Crippen molar-refractivity contribution in [3.05, 3.63) is 101 Å². The average Bonchev–Trinajstić information content (AvgIpc) is 3.58. The summed E-state index contributed by atoms with van der Waals surface area (Å²) in [4.78, 5) is 20.8. The lowest BCUT2D eigenvalue weighted by Gasteiger charge is -2.29. The first-order chi connectivity index (χ1) is 16.6. The van der Waals surface area contributed by atoms with Crippen molar-refractivity contribution in [1.29, 1.82) is 0 Å². The van der Waals surface area contributed by atoms with Crippen LogP contribution in [-0.4, -0.2) is 32.5 Å². The minimum absolute atomic E-state index is 0.350. The van der Waals surface area contributed by atoms with E-state index in [0.717, 1.165) is 37.9 Å². The fourth-order valence-electron chi connectivity index (χ4n) is 5.13. The minimum atomic E-state index is -0.525. The zero-order valence-corrected chi connectivity index (χ0v) is 19.3. The van der Waals surface area contributed by atoms with Gasteiger partial charge in [-0.3, -0.25) is 14.9 Å². The van der Waals surface area contributed by atoms with Crippen LogP contribution in [0.15, 0.2) is 66.9 Å². The molecule has 0 radical (unpaired) electrons. The molecule has 6 heteroatoms. The molecule has 34 heavy (non-hydrogen) atoms. The van der Waals surface area contributed by atoms with E-state index in [1.54, 1.807) is 11.6 Å². The molecule has 0 saturated heterocycles. The summed E-state index contributed by atoms with van der Waals surface area (Å²) in [5.41, 5.74) is 10.3. The fraction of sp³-hybridized carbons (Fsp3) is 0.250. The summed E-state index contributed by atoms with van der Waals surface area (Å²) in [6.07, 6.45) is 8.29. The van der Waals surface area contributed by atoms with Crippen LogP contribution in [0.5, 0.6) is 0 Å². The maximum atomic E-state index is 11.3. The van der Waals surface area contributed by atoms with Gasteiger partial charge in [0, 0.05) is 53.7 Å². The van der Waals surface area contributed by atoms with Gasteiger partial charge in [0.05, 0.1) is 0 Å². The van der Waals surface area contributed by atoms with Gasteiger partial charge in [-0.25, -0.2) is 5.48 Å². The molecule has 2 aromatic heterocycles. The third-order valence-corrected chi connectivity index (χ3v) is 6.80. The lowest BCUT2D eigenvalue weighted by atomic mass is 10.0. The van der Waals surface area contributed by atoms with Crippen LogP contribution in [-0.2, 0) is 24.2 Å². The van der Waals surface area contributed by atoms with Crippen LogP contribution in [0.1, 0.15) is 46.1 Å². The molecular weight excluding hydrogens is 424 g/mol. The predicted octanol–water partition coefficient (Wildman–Crippen LogP) is 5.06. The summed E-state index contributed by atoms with van der Waals surface area (Å²) in [6, 6.07) is 19.6. The summed E-state index contributed by atoms with van der Waals surface area (Å²) < 4.78 is 0. The number of hydroxylamine groups is 1. The Morgan fingerprint density at radius 1 is 1.21 bits per heavy atom. The minimum Gasteiger partial charge on any atom is -0.361 e. The third kappa shape index (κ3) is 4.69. The molecule has 5 rings (SSSR count). The first-order valence-corrected chi connectivity index (χ1v) is 11.8. The lowest BCUT2D eigenvalue weighted by molar-refractivity contribution is -0.124. The molecule has 0 fully saturated rings. The second-order valence-corrected chi connectivity index (χ2v) is 9.07. The van der Waals surface area contributed by atoms with E-state index in [0.29, 0.717) is 6.04 Å². The van der Waals surface area contributed by atoms with E-state index in [4.69, 9.17) is 5.21 Å². The number of amides is 1. The Labute approximate surface area is 199 Å². The smallest absolute Gasteiger partial charge is 0.267 e. The quantitative estimate of drug-likeness (QED) is 0.171. The number of hydrogen-bond acceptors (Lipinski definition) is 3. The number of hydrogen-bond donors (Lipinski definition) is 4. The van der Waals surface area contributed by atoms with Crippen molar-refractivity contribution in [2.45, 2.75) is 38.8 Å². The summed E-state index contributed by atoms with van der Waals surface area (Å²) in [6.45, 7) is 3.93. The number of aryl methyl sites for hydroxylation is 2. The van der Waals surface area contributed by atoms with Gasteiger partial charge in [-0.1, -0.05) is 36.4 Å². The molecule has 174 valence electrons. The Kier molecular flexibility index (Phi) is 6.34. The zero-order valence-electron chi connectivity index (χ0n) is 19.3. The largest absolute Gasteiger partial charge is 0.361 e. The van der Waals surface area contributed by atoms with Crippen molar-refractivity contribution in [2.75, 3.05) is 6.54 Å². The highest BCUT2D eigenvalue weighted by Gasteiger charge is 2.28. The van der Waals surface area contributed by atoms with Gasteiger partial charge in [0.1, 0.15) is 0 Å². The number of nitrogens with one attached hydrogen (secondary N) is 3. The number of aromatic nitrogens is 2. The van der Waals surface area contributed by atoms with Crippen LogP contribution < -0.4 is 5.48 Å². The topological polar surface area (TPSA) is 84.2 Å². The number of fused-ring (bicyclic) bond motifs is 2. The van der Waals surface area contributed by atoms with Gasteiger partial charge < -0.3 is 9.97 Å². The van der Waals surface area contributed by atoms with Crippen LogP contribution in [0.25, 0.3) is 17.0 Å². The van der Waals surface area contributed by atoms with Crippen molar-refractivity contribution < 1.29 is 10.0 Å². The molecule has 1 atom stereocenters. The molecule has 1 amide bonds. The number of aromatic amines is 2. The highest BCUT2D eigenvalue weighted by atomic mass is 16.5. The van der Waals surface area contributed by atoms with Gasteiger partial charge in [0.25, 0.3) is 5.91 Å². The molecule has 1 aliphatic rings.